The van der Waals surface area contributed by atoms with Crippen LogP contribution in [-0.4, -0.2) is 11.2 Å². The Kier molecular flexibility index (Phi) is 3.77. The molecule has 108 valence electrons. The first-order chi connectivity index (χ1) is 9.08. The van der Waals surface area contributed by atoms with Crippen molar-refractivity contribution in [3.63, 3.8) is 0 Å². The first kappa shape index (κ1) is 13.7. The molecule has 0 aromatic rings. The van der Waals surface area contributed by atoms with E-state index in [0.29, 0.717) is 17.3 Å². The van der Waals surface area contributed by atoms with E-state index in [9.17, 15) is 5.11 Å². The second kappa shape index (κ2) is 5.24. The molecule has 0 aliphatic heterocycles. The highest BCUT2D eigenvalue weighted by Crippen LogP contribution is 2.49. The summed E-state index contributed by atoms with van der Waals surface area (Å²) in [5.41, 5.74) is 3.89. The van der Waals surface area contributed by atoms with Gasteiger partial charge in [0.05, 0.1) is 6.10 Å². The average Bonchev–Trinajstić information content (AvgIpc) is 2.91. The second-order valence-corrected chi connectivity index (χ2v) is 7.86. The molecule has 0 aromatic carbocycles. The molecule has 1 nitrogen and oxygen atoms in total. The molecule has 0 saturated heterocycles. The van der Waals surface area contributed by atoms with Crippen LogP contribution < -0.4 is 0 Å². The Morgan fingerprint density at radius 3 is 2.47 bits per heavy atom. The third-order valence-corrected chi connectivity index (χ3v) is 6.17. The number of rotatable bonds is 2. The molecule has 0 heterocycles. The first-order valence-electron chi connectivity index (χ1n) is 8.47. The van der Waals surface area contributed by atoms with Crippen LogP contribution in [0.4, 0.5) is 0 Å². The van der Waals surface area contributed by atoms with E-state index in [0.717, 1.165) is 0 Å². The van der Waals surface area contributed by atoms with E-state index in [2.05, 4.69) is 13.8 Å². The number of hydrogen-bond donors (Lipinski definition) is 1. The van der Waals surface area contributed by atoms with Gasteiger partial charge in [0.1, 0.15) is 0 Å². The smallest absolute Gasteiger partial charge is 0.0599 e. The molecular formula is C18H30O. The van der Waals surface area contributed by atoms with Crippen molar-refractivity contribution in [3.05, 3.63) is 11.1 Å². The Morgan fingerprint density at radius 2 is 1.74 bits per heavy atom. The first-order valence-corrected chi connectivity index (χ1v) is 8.47. The van der Waals surface area contributed by atoms with Crippen LogP contribution in [0.25, 0.3) is 0 Å². The lowest BCUT2D eigenvalue weighted by molar-refractivity contribution is 0.0422. The summed E-state index contributed by atoms with van der Waals surface area (Å²) in [6.45, 7) is 4.84. The molecule has 3 aliphatic carbocycles. The van der Waals surface area contributed by atoms with Gasteiger partial charge in [-0.25, -0.2) is 0 Å². The number of aliphatic hydroxyl groups excluding tert-OH is 1. The highest BCUT2D eigenvalue weighted by Gasteiger charge is 2.38. The minimum Gasteiger partial charge on any atom is -0.393 e. The summed E-state index contributed by atoms with van der Waals surface area (Å²) in [5, 5.41) is 10.7. The van der Waals surface area contributed by atoms with Crippen molar-refractivity contribution in [2.75, 3.05) is 0 Å². The molecule has 0 radical (unpaired) electrons. The highest BCUT2D eigenvalue weighted by molar-refractivity contribution is 5.27. The fraction of sp³-hybridized carbons (Fsp3) is 0.889. The van der Waals surface area contributed by atoms with Gasteiger partial charge in [-0.05, 0) is 68.6 Å². The lowest BCUT2D eigenvalue weighted by Crippen LogP contribution is -2.34. The molecule has 3 aliphatic rings. The summed E-state index contributed by atoms with van der Waals surface area (Å²) in [4.78, 5) is 0. The molecule has 2 unspecified atom stereocenters. The zero-order valence-electron chi connectivity index (χ0n) is 12.8. The molecule has 0 amide bonds. The number of allylic oxidation sites excluding steroid dienone is 2. The van der Waals surface area contributed by atoms with Crippen molar-refractivity contribution in [1.82, 2.24) is 0 Å². The lowest BCUT2D eigenvalue weighted by atomic mass is 9.64. The van der Waals surface area contributed by atoms with Crippen LogP contribution in [0, 0.1) is 17.3 Å². The molecule has 1 heteroatoms. The second-order valence-electron chi connectivity index (χ2n) is 7.86. The molecular weight excluding hydrogens is 232 g/mol. The Bertz CT molecular complexity index is 360. The Labute approximate surface area is 118 Å². The van der Waals surface area contributed by atoms with Gasteiger partial charge in [0.25, 0.3) is 0 Å². The zero-order chi connectivity index (χ0) is 13.5. The van der Waals surface area contributed by atoms with Crippen LogP contribution in [-0.2, 0) is 0 Å². The fourth-order valence-electron chi connectivity index (χ4n) is 4.92. The van der Waals surface area contributed by atoms with Gasteiger partial charge >= 0.3 is 0 Å². The molecule has 3 rings (SSSR count). The van der Waals surface area contributed by atoms with E-state index >= 15 is 0 Å². The van der Waals surface area contributed by atoms with Gasteiger partial charge in [-0.3, -0.25) is 0 Å². The summed E-state index contributed by atoms with van der Waals surface area (Å²) in [6.07, 6.45) is 13.0. The van der Waals surface area contributed by atoms with Crippen LogP contribution in [0.15, 0.2) is 11.1 Å². The van der Waals surface area contributed by atoms with Crippen LogP contribution in [0.1, 0.15) is 78.1 Å². The van der Waals surface area contributed by atoms with Crippen LogP contribution >= 0.6 is 0 Å². The predicted octanol–water partition coefficient (Wildman–Crippen LogP) is 4.84. The van der Waals surface area contributed by atoms with Crippen LogP contribution in [0.3, 0.4) is 0 Å². The normalized spacial score (nSPS) is 33.3. The molecule has 2 atom stereocenters. The number of hydrogen-bond acceptors (Lipinski definition) is 1. The van der Waals surface area contributed by atoms with Gasteiger partial charge in [-0.1, -0.05) is 37.8 Å². The molecule has 1 saturated carbocycles. The summed E-state index contributed by atoms with van der Waals surface area (Å²) in [7, 11) is 0. The van der Waals surface area contributed by atoms with E-state index in [-0.39, 0.29) is 6.10 Å². The molecule has 19 heavy (non-hydrogen) atoms. The molecule has 0 bridgehead atoms. The summed E-state index contributed by atoms with van der Waals surface area (Å²) in [6, 6.07) is 0. The van der Waals surface area contributed by atoms with Gasteiger partial charge in [0.2, 0.25) is 0 Å². The maximum atomic E-state index is 10.7. The van der Waals surface area contributed by atoms with E-state index in [1.54, 1.807) is 11.1 Å². The Balaban J connectivity index is 1.72. The van der Waals surface area contributed by atoms with Crippen molar-refractivity contribution in [2.24, 2.45) is 17.3 Å². The third kappa shape index (κ3) is 2.63. The SMILES string of the molecule is CC1(C)CCCC2=C1CC(C(O)C1CCCC1)CC2. The largest absolute Gasteiger partial charge is 0.393 e. The fourth-order valence-corrected chi connectivity index (χ4v) is 4.92. The van der Waals surface area contributed by atoms with Crippen LogP contribution in [0.5, 0.6) is 0 Å². The maximum absolute atomic E-state index is 10.7. The molecule has 1 N–H and O–H groups in total. The monoisotopic (exact) mass is 262 g/mol. The number of aliphatic hydroxyl groups is 1. The minimum atomic E-state index is -0.0192. The van der Waals surface area contributed by atoms with Crippen molar-refractivity contribution in [3.8, 4) is 0 Å². The van der Waals surface area contributed by atoms with Gasteiger partial charge in [0.15, 0.2) is 0 Å². The standard InChI is InChI=1S/C18H30O/c1-18(2)11-5-8-13-9-10-15(12-16(13)18)17(19)14-6-3-4-7-14/h14-15,17,19H,3-12H2,1-2H3. The highest BCUT2D eigenvalue weighted by atomic mass is 16.3. The summed E-state index contributed by atoms with van der Waals surface area (Å²) in [5.74, 6) is 1.16. The van der Waals surface area contributed by atoms with E-state index in [1.807, 2.05) is 0 Å². The Morgan fingerprint density at radius 1 is 1.00 bits per heavy atom. The van der Waals surface area contributed by atoms with E-state index in [1.165, 1.54) is 64.2 Å². The molecule has 0 spiro atoms. The quantitative estimate of drug-likeness (QED) is 0.706. The topological polar surface area (TPSA) is 20.2 Å². The zero-order valence-corrected chi connectivity index (χ0v) is 12.8. The third-order valence-electron chi connectivity index (χ3n) is 6.17. The van der Waals surface area contributed by atoms with Crippen LogP contribution in [0.2, 0.25) is 0 Å². The van der Waals surface area contributed by atoms with Crippen molar-refractivity contribution >= 4 is 0 Å². The van der Waals surface area contributed by atoms with Gasteiger partial charge in [-0.2, -0.15) is 0 Å². The maximum Gasteiger partial charge on any atom is 0.0599 e. The lowest BCUT2D eigenvalue weighted by Gasteiger charge is -2.42. The molecule has 0 aromatic heterocycles. The summed E-state index contributed by atoms with van der Waals surface area (Å²) < 4.78 is 0. The predicted molar refractivity (Wildman–Crippen MR) is 80.0 cm³/mol. The Hall–Kier alpha value is -0.300. The minimum absolute atomic E-state index is 0.0192. The summed E-state index contributed by atoms with van der Waals surface area (Å²) >= 11 is 0. The average molecular weight is 262 g/mol. The van der Waals surface area contributed by atoms with Crippen molar-refractivity contribution in [2.45, 2.75) is 84.2 Å². The molecule has 1 fully saturated rings. The van der Waals surface area contributed by atoms with E-state index < -0.39 is 0 Å². The van der Waals surface area contributed by atoms with Gasteiger partial charge in [-0.15, -0.1) is 0 Å². The van der Waals surface area contributed by atoms with E-state index in [4.69, 9.17) is 0 Å². The van der Waals surface area contributed by atoms with Gasteiger partial charge in [0, 0.05) is 0 Å². The van der Waals surface area contributed by atoms with Crippen molar-refractivity contribution in [1.29, 1.82) is 0 Å². The van der Waals surface area contributed by atoms with Gasteiger partial charge < -0.3 is 5.11 Å². The van der Waals surface area contributed by atoms with Crippen molar-refractivity contribution < 1.29 is 5.11 Å².